The average molecular weight is 249 g/mol. The van der Waals surface area contributed by atoms with Crippen molar-refractivity contribution in [3.63, 3.8) is 0 Å². The van der Waals surface area contributed by atoms with Gasteiger partial charge in [0.15, 0.2) is 0 Å². The molecule has 1 aliphatic rings. The Kier molecular flexibility index (Phi) is 4.66. The van der Waals surface area contributed by atoms with E-state index in [-0.39, 0.29) is 12.0 Å². The fraction of sp³-hybridized carbons (Fsp3) is 0.538. The summed E-state index contributed by atoms with van der Waals surface area (Å²) in [5, 5.41) is 6.08. The minimum Gasteiger partial charge on any atom is -0.374 e. The van der Waals surface area contributed by atoms with Crippen molar-refractivity contribution in [3.8, 4) is 0 Å². The number of carbonyl (C=O) groups is 1. The summed E-state index contributed by atoms with van der Waals surface area (Å²) >= 11 is 0. The SMILES string of the molecule is CCc1ccnc(C(=O)NCC2CNCCO2)c1. The van der Waals surface area contributed by atoms with Crippen molar-refractivity contribution < 1.29 is 9.53 Å². The Morgan fingerprint density at radius 2 is 2.56 bits per heavy atom. The lowest BCUT2D eigenvalue weighted by atomic mass is 10.2. The number of morpholine rings is 1. The van der Waals surface area contributed by atoms with Gasteiger partial charge >= 0.3 is 0 Å². The number of amides is 1. The fourth-order valence-corrected chi connectivity index (χ4v) is 1.87. The van der Waals surface area contributed by atoms with Crippen molar-refractivity contribution in [3.05, 3.63) is 29.6 Å². The van der Waals surface area contributed by atoms with Crippen LogP contribution in [0.4, 0.5) is 0 Å². The Labute approximate surface area is 107 Å². The molecule has 0 spiro atoms. The van der Waals surface area contributed by atoms with Gasteiger partial charge in [-0.15, -0.1) is 0 Å². The molecule has 1 aromatic rings. The molecule has 5 nitrogen and oxygen atoms in total. The molecule has 0 aliphatic carbocycles. The summed E-state index contributed by atoms with van der Waals surface area (Å²) in [4.78, 5) is 16.0. The van der Waals surface area contributed by atoms with Crippen molar-refractivity contribution in [2.24, 2.45) is 0 Å². The first-order chi connectivity index (χ1) is 8.79. The highest BCUT2D eigenvalue weighted by Crippen LogP contribution is 2.03. The van der Waals surface area contributed by atoms with Crippen LogP contribution in [0.2, 0.25) is 0 Å². The van der Waals surface area contributed by atoms with Crippen LogP contribution in [0.1, 0.15) is 23.0 Å². The second-order valence-corrected chi connectivity index (χ2v) is 4.31. The van der Waals surface area contributed by atoms with Crippen LogP contribution in [0, 0.1) is 0 Å². The minimum atomic E-state index is -0.139. The molecule has 0 bridgehead atoms. The second kappa shape index (κ2) is 6.47. The first-order valence-electron chi connectivity index (χ1n) is 6.35. The number of pyridine rings is 1. The number of hydrogen-bond donors (Lipinski definition) is 2. The predicted molar refractivity (Wildman–Crippen MR) is 68.6 cm³/mol. The Bertz CT molecular complexity index is 403. The highest BCUT2D eigenvalue weighted by Gasteiger charge is 2.15. The molecular weight excluding hydrogens is 230 g/mol. The number of carbonyl (C=O) groups excluding carboxylic acids is 1. The van der Waals surface area contributed by atoms with E-state index in [0.717, 1.165) is 25.1 Å². The summed E-state index contributed by atoms with van der Waals surface area (Å²) in [6.45, 7) is 4.93. The number of rotatable bonds is 4. The van der Waals surface area contributed by atoms with Gasteiger partial charge in [0, 0.05) is 25.8 Å². The van der Waals surface area contributed by atoms with Gasteiger partial charge in [0.2, 0.25) is 0 Å². The van der Waals surface area contributed by atoms with Gasteiger partial charge < -0.3 is 15.4 Å². The van der Waals surface area contributed by atoms with E-state index in [4.69, 9.17) is 4.74 Å². The molecule has 2 heterocycles. The number of aryl methyl sites for hydroxylation is 1. The molecule has 1 unspecified atom stereocenters. The van der Waals surface area contributed by atoms with Crippen LogP contribution in [0.5, 0.6) is 0 Å². The van der Waals surface area contributed by atoms with Gasteiger partial charge in [-0.1, -0.05) is 6.92 Å². The van der Waals surface area contributed by atoms with Crippen molar-refractivity contribution in [1.29, 1.82) is 0 Å². The average Bonchev–Trinajstić information content (AvgIpc) is 2.46. The minimum absolute atomic E-state index is 0.0528. The highest BCUT2D eigenvalue weighted by atomic mass is 16.5. The molecule has 1 aromatic heterocycles. The topological polar surface area (TPSA) is 63.2 Å². The fourth-order valence-electron chi connectivity index (χ4n) is 1.87. The number of nitrogens with zero attached hydrogens (tertiary/aromatic N) is 1. The summed E-state index contributed by atoms with van der Waals surface area (Å²) < 4.78 is 5.51. The Morgan fingerprint density at radius 1 is 1.67 bits per heavy atom. The smallest absolute Gasteiger partial charge is 0.269 e. The molecule has 98 valence electrons. The van der Waals surface area contributed by atoms with Gasteiger partial charge in [0.25, 0.3) is 5.91 Å². The van der Waals surface area contributed by atoms with Crippen LogP contribution in [0.3, 0.4) is 0 Å². The van der Waals surface area contributed by atoms with Crippen molar-refractivity contribution in [1.82, 2.24) is 15.6 Å². The van der Waals surface area contributed by atoms with E-state index in [1.54, 1.807) is 6.20 Å². The molecule has 1 fully saturated rings. The van der Waals surface area contributed by atoms with Gasteiger partial charge in [0.05, 0.1) is 12.7 Å². The van der Waals surface area contributed by atoms with E-state index in [1.807, 2.05) is 12.1 Å². The third-order valence-electron chi connectivity index (χ3n) is 2.96. The van der Waals surface area contributed by atoms with Gasteiger partial charge in [-0.2, -0.15) is 0 Å². The van der Waals surface area contributed by atoms with Crippen LogP contribution < -0.4 is 10.6 Å². The van der Waals surface area contributed by atoms with E-state index in [9.17, 15) is 4.79 Å². The molecule has 1 saturated heterocycles. The van der Waals surface area contributed by atoms with E-state index in [0.29, 0.717) is 18.8 Å². The molecule has 1 aliphatic heterocycles. The van der Waals surface area contributed by atoms with Crippen LogP contribution >= 0.6 is 0 Å². The third-order valence-corrected chi connectivity index (χ3v) is 2.96. The van der Waals surface area contributed by atoms with Gasteiger partial charge in [-0.25, -0.2) is 0 Å². The summed E-state index contributed by atoms with van der Waals surface area (Å²) in [6.07, 6.45) is 2.63. The molecule has 1 amide bonds. The standard InChI is InChI=1S/C13H19N3O2/c1-2-10-3-4-15-12(7-10)13(17)16-9-11-8-14-5-6-18-11/h3-4,7,11,14H,2,5-6,8-9H2,1H3,(H,16,17). The number of hydrogen-bond acceptors (Lipinski definition) is 4. The molecule has 5 heteroatoms. The Hall–Kier alpha value is -1.46. The number of aromatic nitrogens is 1. The highest BCUT2D eigenvalue weighted by molar-refractivity contribution is 5.92. The first kappa shape index (κ1) is 13.0. The molecule has 2 N–H and O–H groups in total. The molecule has 1 atom stereocenters. The lowest BCUT2D eigenvalue weighted by Gasteiger charge is -2.23. The molecule has 2 rings (SSSR count). The monoisotopic (exact) mass is 249 g/mol. The molecular formula is C13H19N3O2. The lowest BCUT2D eigenvalue weighted by Crippen LogP contribution is -2.45. The normalized spacial score (nSPS) is 19.5. The van der Waals surface area contributed by atoms with Crippen LogP contribution in [-0.2, 0) is 11.2 Å². The van der Waals surface area contributed by atoms with Crippen LogP contribution in [0.15, 0.2) is 18.3 Å². The molecule has 0 radical (unpaired) electrons. The van der Waals surface area contributed by atoms with Crippen molar-refractivity contribution in [2.75, 3.05) is 26.2 Å². The first-order valence-corrected chi connectivity index (χ1v) is 6.35. The summed E-state index contributed by atoms with van der Waals surface area (Å²) in [5.74, 6) is -0.139. The van der Waals surface area contributed by atoms with Gasteiger partial charge in [-0.3, -0.25) is 9.78 Å². The Morgan fingerprint density at radius 3 is 3.28 bits per heavy atom. The zero-order valence-electron chi connectivity index (χ0n) is 10.6. The van der Waals surface area contributed by atoms with Gasteiger partial charge in [0.1, 0.15) is 5.69 Å². The summed E-state index contributed by atoms with van der Waals surface area (Å²) in [7, 11) is 0. The van der Waals surface area contributed by atoms with Gasteiger partial charge in [-0.05, 0) is 24.1 Å². The maximum Gasteiger partial charge on any atom is 0.269 e. The largest absolute Gasteiger partial charge is 0.374 e. The van der Waals surface area contributed by atoms with Crippen molar-refractivity contribution >= 4 is 5.91 Å². The summed E-state index contributed by atoms with van der Waals surface area (Å²) in [6, 6.07) is 3.75. The van der Waals surface area contributed by atoms with Crippen LogP contribution in [-0.4, -0.2) is 43.2 Å². The molecule has 0 aromatic carbocycles. The third kappa shape index (κ3) is 3.51. The maximum absolute atomic E-state index is 11.9. The number of nitrogens with one attached hydrogen (secondary N) is 2. The van der Waals surface area contributed by atoms with E-state index >= 15 is 0 Å². The van der Waals surface area contributed by atoms with Crippen LogP contribution in [0.25, 0.3) is 0 Å². The lowest BCUT2D eigenvalue weighted by molar-refractivity contribution is 0.0286. The quantitative estimate of drug-likeness (QED) is 0.809. The molecule has 0 saturated carbocycles. The second-order valence-electron chi connectivity index (χ2n) is 4.31. The summed E-state index contributed by atoms with van der Waals surface area (Å²) in [5.41, 5.74) is 1.59. The maximum atomic E-state index is 11.9. The van der Waals surface area contributed by atoms with E-state index < -0.39 is 0 Å². The number of ether oxygens (including phenoxy) is 1. The zero-order valence-corrected chi connectivity index (χ0v) is 10.6. The van der Waals surface area contributed by atoms with E-state index in [1.165, 1.54) is 0 Å². The zero-order chi connectivity index (χ0) is 12.8. The predicted octanol–water partition coefficient (Wildman–Crippen LogP) is 0.362. The van der Waals surface area contributed by atoms with E-state index in [2.05, 4.69) is 22.5 Å². The Balaban J connectivity index is 1.86. The molecule has 18 heavy (non-hydrogen) atoms. The van der Waals surface area contributed by atoms with Crippen molar-refractivity contribution in [2.45, 2.75) is 19.4 Å².